The molecule has 1 atom stereocenters. The number of carbonyl (C=O) groups is 1. The fraction of sp³-hybridized carbons (Fsp3) is 0.429. The van der Waals surface area contributed by atoms with Gasteiger partial charge < -0.3 is 10.2 Å². The van der Waals surface area contributed by atoms with E-state index in [9.17, 15) is 4.79 Å². The minimum absolute atomic E-state index is 0.229. The van der Waals surface area contributed by atoms with Crippen molar-refractivity contribution in [2.75, 3.05) is 26.7 Å². The summed E-state index contributed by atoms with van der Waals surface area (Å²) in [4.78, 5) is 14.0. The fourth-order valence-corrected chi connectivity index (χ4v) is 1.56. The summed E-state index contributed by atoms with van der Waals surface area (Å²) in [5.74, 6) is -0.952. The van der Waals surface area contributed by atoms with Gasteiger partial charge in [0.15, 0.2) is 0 Å². The molecule has 0 radical (unpaired) electrons. The number of nitriles is 1. The third-order valence-electron chi connectivity index (χ3n) is 2.86. The first-order chi connectivity index (χ1) is 8.69. The predicted molar refractivity (Wildman–Crippen MR) is 71.0 cm³/mol. The van der Waals surface area contributed by atoms with Crippen LogP contribution in [0, 0.1) is 11.3 Å². The van der Waals surface area contributed by atoms with E-state index in [-0.39, 0.29) is 5.91 Å². The second-order valence-electron chi connectivity index (χ2n) is 4.16. The van der Waals surface area contributed by atoms with Crippen molar-refractivity contribution in [1.29, 1.82) is 5.26 Å². The van der Waals surface area contributed by atoms with Gasteiger partial charge in [-0.15, -0.1) is 0 Å². The number of likely N-dealkylation sites (N-methyl/N-ethyl adjacent to an activating group) is 1. The Kier molecular flexibility index (Phi) is 5.89. The van der Waals surface area contributed by atoms with Crippen LogP contribution >= 0.6 is 0 Å². The van der Waals surface area contributed by atoms with Crippen LogP contribution in [0.5, 0.6) is 0 Å². The van der Waals surface area contributed by atoms with Crippen molar-refractivity contribution in [1.82, 2.24) is 10.2 Å². The molecule has 4 heteroatoms. The minimum atomic E-state index is -0.724. The third-order valence-corrected chi connectivity index (χ3v) is 2.86. The number of hydrogen-bond donors (Lipinski definition) is 1. The number of nitrogens with zero attached hydrogens (tertiary/aromatic N) is 2. The highest BCUT2D eigenvalue weighted by Crippen LogP contribution is 2.14. The molecule has 1 N–H and O–H groups in total. The number of benzene rings is 1. The zero-order valence-electron chi connectivity index (χ0n) is 10.9. The van der Waals surface area contributed by atoms with Gasteiger partial charge in [-0.3, -0.25) is 4.79 Å². The standard InChI is InChI=1S/C14H19N3O/c1-3-17(2)10-9-16-14(18)13(11-15)12-7-5-4-6-8-12/h4-8,13H,3,9-10H2,1-2H3,(H,16,18). The van der Waals surface area contributed by atoms with Crippen LogP contribution in [0.2, 0.25) is 0 Å². The van der Waals surface area contributed by atoms with Crippen LogP contribution in [0.25, 0.3) is 0 Å². The lowest BCUT2D eigenvalue weighted by Gasteiger charge is -2.15. The first-order valence-electron chi connectivity index (χ1n) is 6.09. The number of hydrogen-bond acceptors (Lipinski definition) is 3. The Bertz CT molecular complexity index is 411. The first kappa shape index (κ1) is 14.2. The molecule has 18 heavy (non-hydrogen) atoms. The zero-order valence-corrected chi connectivity index (χ0v) is 10.9. The molecule has 1 rings (SSSR count). The summed E-state index contributed by atoms with van der Waals surface area (Å²) in [6, 6.07) is 11.2. The van der Waals surface area contributed by atoms with Crippen LogP contribution in [-0.4, -0.2) is 37.5 Å². The lowest BCUT2D eigenvalue weighted by Crippen LogP contribution is -2.35. The van der Waals surface area contributed by atoms with Gasteiger partial charge in [0.1, 0.15) is 5.92 Å². The second-order valence-corrected chi connectivity index (χ2v) is 4.16. The Balaban J connectivity index is 2.52. The molecule has 0 saturated carbocycles. The third kappa shape index (κ3) is 4.19. The number of nitrogens with one attached hydrogen (secondary N) is 1. The first-order valence-corrected chi connectivity index (χ1v) is 6.09. The van der Waals surface area contributed by atoms with Crippen LogP contribution in [-0.2, 0) is 4.79 Å². The van der Waals surface area contributed by atoms with Gasteiger partial charge in [-0.05, 0) is 19.2 Å². The Morgan fingerprint density at radius 3 is 2.67 bits per heavy atom. The van der Waals surface area contributed by atoms with Crippen LogP contribution in [0.3, 0.4) is 0 Å². The molecule has 0 spiro atoms. The van der Waals surface area contributed by atoms with Gasteiger partial charge in [-0.25, -0.2) is 0 Å². The monoisotopic (exact) mass is 245 g/mol. The highest BCUT2D eigenvalue weighted by atomic mass is 16.1. The molecule has 0 aliphatic heterocycles. The molecular weight excluding hydrogens is 226 g/mol. The van der Waals surface area contributed by atoms with Crippen LogP contribution in [0.1, 0.15) is 18.4 Å². The summed E-state index contributed by atoms with van der Waals surface area (Å²) in [5.41, 5.74) is 0.737. The van der Waals surface area contributed by atoms with Crippen molar-refractivity contribution < 1.29 is 4.79 Å². The van der Waals surface area contributed by atoms with Crippen LogP contribution in [0.4, 0.5) is 0 Å². The smallest absolute Gasteiger partial charge is 0.241 e. The van der Waals surface area contributed by atoms with Crippen molar-refractivity contribution in [3.05, 3.63) is 35.9 Å². The summed E-state index contributed by atoms with van der Waals surface area (Å²) < 4.78 is 0. The van der Waals surface area contributed by atoms with E-state index in [2.05, 4.69) is 17.1 Å². The maximum Gasteiger partial charge on any atom is 0.241 e. The molecule has 0 aliphatic carbocycles. The highest BCUT2D eigenvalue weighted by Gasteiger charge is 2.19. The molecule has 0 heterocycles. The fourth-order valence-electron chi connectivity index (χ4n) is 1.56. The number of rotatable bonds is 6. The minimum Gasteiger partial charge on any atom is -0.353 e. The summed E-state index contributed by atoms with van der Waals surface area (Å²) in [6.07, 6.45) is 0. The molecule has 96 valence electrons. The van der Waals surface area contributed by atoms with E-state index < -0.39 is 5.92 Å². The summed E-state index contributed by atoms with van der Waals surface area (Å²) in [7, 11) is 1.99. The lowest BCUT2D eigenvalue weighted by atomic mass is 10.00. The van der Waals surface area contributed by atoms with E-state index in [4.69, 9.17) is 5.26 Å². The van der Waals surface area contributed by atoms with E-state index in [1.807, 2.05) is 31.3 Å². The molecular formula is C14H19N3O. The lowest BCUT2D eigenvalue weighted by molar-refractivity contribution is -0.121. The van der Waals surface area contributed by atoms with Gasteiger partial charge in [-0.2, -0.15) is 5.26 Å². The molecule has 1 unspecified atom stereocenters. The van der Waals surface area contributed by atoms with E-state index in [0.29, 0.717) is 6.54 Å². The average molecular weight is 245 g/mol. The SMILES string of the molecule is CCN(C)CCNC(=O)C(C#N)c1ccccc1. The van der Waals surface area contributed by atoms with Gasteiger partial charge in [0, 0.05) is 13.1 Å². The quantitative estimate of drug-likeness (QED) is 0.823. The van der Waals surface area contributed by atoms with E-state index in [1.54, 1.807) is 12.1 Å². The molecule has 1 aromatic rings. The zero-order chi connectivity index (χ0) is 13.4. The molecule has 0 aliphatic rings. The second kappa shape index (κ2) is 7.46. The molecule has 0 fully saturated rings. The molecule has 4 nitrogen and oxygen atoms in total. The van der Waals surface area contributed by atoms with Crippen molar-refractivity contribution >= 4 is 5.91 Å². The molecule has 1 amide bonds. The van der Waals surface area contributed by atoms with Gasteiger partial charge in [0.05, 0.1) is 6.07 Å². The summed E-state index contributed by atoms with van der Waals surface area (Å²) in [5, 5.41) is 11.9. The van der Waals surface area contributed by atoms with Gasteiger partial charge in [-0.1, -0.05) is 37.3 Å². The Hall–Kier alpha value is -1.86. The van der Waals surface area contributed by atoms with Gasteiger partial charge >= 0.3 is 0 Å². The van der Waals surface area contributed by atoms with Crippen molar-refractivity contribution in [2.24, 2.45) is 0 Å². The summed E-state index contributed by atoms with van der Waals surface area (Å²) >= 11 is 0. The van der Waals surface area contributed by atoms with E-state index in [1.165, 1.54) is 0 Å². The van der Waals surface area contributed by atoms with E-state index >= 15 is 0 Å². The number of amides is 1. The topological polar surface area (TPSA) is 56.1 Å². The van der Waals surface area contributed by atoms with Crippen molar-refractivity contribution in [3.8, 4) is 6.07 Å². The number of carbonyl (C=O) groups excluding carboxylic acids is 1. The van der Waals surface area contributed by atoms with Gasteiger partial charge in [0.2, 0.25) is 5.91 Å². The van der Waals surface area contributed by atoms with E-state index in [0.717, 1.165) is 18.7 Å². The highest BCUT2D eigenvalue weighted by molar-refractivity contribution is 5.86. The van der Waals surface area contributed by atoms with Crippen LogP contribution < -0.4 is 5.32 Å². The molecule has 0 bridgehead atoms. The predicted octanol–water partition coefficient (Wildman–Crippen LogP) is 1.36. The molecule has 1 aromatic carbocycles. The van der Waals surface area contributed by atoms with Crippen molar-refractivity contribution in [2.45, 2.75) is 12.8 Å². The molecule has 0 saturated heterocycles. The van der Waals surface area contributed by atoms with Gasteiger partial charge in [0.25, 0.3) is 0 Å². The Morgan fingerprint density at radius 2 is 2.11 bits per heavy atom. The molecule has 0 aromatic heterocycles. The summed E-state index contributed by atoms with van der Waals surface area (Å²) in [6.45, 7) is 4.35. The van der Waals surface area contributed by atoms with Crippen LogP contribution in [0.15, 0.2) is 30.3 Å². The maximum atomic E-state index is 11.9. The Labute approximate surface area is 108 Å². The van der Waals surface area contributed by atoms with Crippen molar-refractivity contribution in [3.63, 3.8) is 0 Å². The normalized spacial score (nSPS) is 11.9. The largest absolute Gasteiger partial charge is 0.353 e. The average Bonchev–Trinajstić information content (AvgIpc) is 2.40. The maximum absolute atomic E-state index is 11.9. The Morgan fingerprint density at radius 1 is 1.44 bits per heavy atom.